The van der Waals surface area contributed by atoms with Crippen LogP contribution >= 0.6 is 15.9 Å². The maximum atomic E-state index is 13.3. The molecule has 1 unspecified atom stereocenters. The summed E-state index contributed by atoms with van der Waals surface area (Å²) >= 11 is 3.63. The van der Waals surface area contributed by atoms with Gasteiger partial charge in [0.1, 0.15) is 11.3 Å². The summed E-state index contributed by atoms with van der Waals surface area (Å²) in [5.74, 6) is 0.848. The number of carbonyl (C=O) groups excluding carboxylic acids is 1. The summed E-state index contributed by atoms with van der Waals surface area (Å²) in [6, 6.07) is 9.88. The lowest BCUT2D eigenvalue weighted by Gasteiger charge is -2.32. The van der Waals surface area contributed by atoms with Crippen molar-refractivity contribution >= 4 is 48.7 Å². The highest BCUT2D eigenvalue weighted by Gasteiger charge is 2.31. The van der Waals surface area contributed by atoms with Crippen LogP contribution in [0.25, 0.3) is 28.2 Å². The van der Waals surface area contributed by atoms with E-state index in [1.54, 1.807) is 17.4 Å². The summed E-state index contributed by atoms with van der Waals surface area (Å²) in [7, 11) is -1.15. The number of hydrogen-bond acceptors (Lipinski definition) is 7. The first-order valence-corrected chi connectivity index (χ1v) is 17.0. The lowest BCUT2D eigenvalue weighted by atomic mass is 10.1. The molecule has 2 N–H and O–H groups in total. The number of hydrogen-bond donors (Lipinski definition) is 2. The van der Waals surface area contributed by atoms with Crippen molar-refractivity contribution in [3.05, 3.63) is 58.0 Å². The van der Waals surface area contributed by atoms with Gasteiger partial charge < -0.3 is 24.7 Å². The largest absolute Gasteiger partial charge is 0.378 e. The van der Waals surface area contributed by atoms with E-state index in [-0.39, 0.29) is 17.7 Å². The Bertz CT molecular complexity index is 1790. The van der Waals surface area contributed by atoms with Crippen molar-refractivity contribution in [2.24, 2.45) is 0 Å². The third kappa shape index (κ3) is 5.70. The number of benzene rings is 1. The molecule has 43 heavy (non-hydrogen) atoms. The number of carbonyl (C=O) groups is 1. The molecule has 4 aromatic rings. The van der Waals surface area contributed by atoms with E-state index in [9.17, 15) is 13.2 Å². The van der Waals surface area contributed by atoms with E-state index in [1.807, 2.05) is 43.0 Å². The Kier molecular flexibility index (Phi) is 8.09. The highest BCUT2D eigenvalue weighted by atomic mass is 79.9. The van der Waals surface area contributed by atoms with Crippen molar-refractivity contribution < 1.29 is 13.2 Å². The van der Waals surface area contributed by atoms with E-state index in [2.05, 4.69) is 53.8 Å². The maximum Gasteiger partial charge on any atom is 0.254 e. The van der Waals surface area contributed by atoms with Gasteiger partial charge in [-0.1, -0.05) is 6.07 Å². The van der Waals surface area contributed by atoms with Gasteiger partial charge in [0.25, 0.3) is 5.91 Å². The van der Waals surface area contributed by atoms with Crippen LogP contribution in [0.2, 0.25) is 0 Å². The third-order valence-corrected chi connectivity index (χ3v) is 11.0. The number of fused-ring (bicyclic) bond motifs is 1. The van der Waals surface area contributed by atoms with Gasteiger partial charge in [0.05, 0.1) is 15.9 Å². The number of likely N-dealkylation sites (N-methyl/N-ethyl adjacent to an activating group) is 1. The lowest BCUT2D eigenvalue weighted by molar-refractivity contribution is 0.0664. The normalized spacial score (nSPS) is 18.5. The SMILES string of the molecule is CCS(=O)(=O)N1CCC(Nc2c(Br)cnc3nc(-c4cc(C)n(-c5cccc(C(=O)N6CCN(C)CC6)c5)c4C)[nH]c23)C1. The molecule has 1 amide bonds. The van der Waals surface area contributed by atoms with Gasteiger partial charge in [0.15, 0.2) is 5.65 Å². The predicted molar refractivity (Wildman–Crippen MR) is 172 cm³/mol. The summed E-state index contributed by atoms with van der Waals surface area (Å²) in [5, 5.41) is 3.54. The second kappa shape index (κ2) is 11.7. The molecule has 5 heterocycles. The molecule has 1 aromatic carbocycles. The smallest absolute Gasteiger partial charge is 0.254 e. The number of aromatic nitrogens is 4. The van der Waals surface area contributed by atoms with Crippen LogP contribution in [0.5, 0.6) is 0 Å². The van der Waals surface area contributed by atoms with E-state index in [1.165, 1.54) is 0 Å². The fourth-order valence-corrected chi connectivity index (χ4v) is 7.63. The molecule has 0 spiro atoms. The summed E-state index contributed by atoms with van der Waals surface area (Å²) in [6.07, 6.45) is 2.44. The van der Waals surface area contributed by atoms with Crippen LogP contribution in [-0.4, -0.2) is 106 Å². The van der Waals surface area contributed by atoms with Crippen molar-refractivity contribution in [1.29, 1.82) is 0 Å². The molecule has 6 rings (SSSR count). The molecule has 2 aliphatic rings. The number of piperazine rings is 1. The minimum absolute atomic E-state index is 0.0270. The Balaban J connectivity index is 1.29. The van der Waals surface area contributed by atoms with Crippen molar-refractivity contribution in [2.75, 3.05) is 57.4 Å². The van der Waals surface area contributed by atoms with Gasteiger partial charge in [-0.25, -0.2) is 18.4 Å². The quantitative estimate of drug-likeness (QED) is 0.305. The van der Waals surface area contributed by atoms with Crippen LogP contribution in [0.4, 0.5) is 5.69 Å². The minimum atomic E-state index is -3.23. The molecule has 2 aliphatic heterocycles. The predicted octanol–water partition coefficient (Wildman–Crippen LogP) is 4.02. The number of nitrogens with one attached hydrogen (secondary N) is 2. The Morgan fingerprint density at radius 3 is 2.65 bits per heavy atom. The van der Waals surface area contributed by atoms with Gasteiger partial charge in [-0.15, -0.1) is 0 Å². The number of aromatic amines is 1. The van der Waals surface area contributed by atoms with Crippen molar-refractivity contribution in [3.8, 4) is 17.1 Å². The number of nitrogens with zero attached hydrogens (tertiary/aromatic N) is 6. The molecule has 2 saturated heterocycles. The summed E-state index contributed by atoms with van der Waals surface area (Å²) < 4.78 is 29.2. The zero-order valence-electron chi connectivity index (χ0n) is 24.9. The summed E-state index contributed by atoms with van der Waals surface area (Å²) in [6.45, 7) is 9.92. The van der Waals surface area contributed by atoms with Crippen molar-refractivity contribution in [3.63, 3.8) is 0 Å². The first kappa shape index (κ1) is 29.8. The highest BCUT2D eigenvalue weighted by Crippen LogP contribution is 2.34. The maximum absolute atomic E-state index is 13.3. The molecule has 2 fully saturated rings. The Morgan fingerprint density at radius 2 is 1.91 bits per heavy atom. The highest BCUT2D eigenvalue weighted by molar-refractivity contribution is 9.10. The van der Waals surface area contributed by atoms with Crippen LogP contribution in [0.15, 0.2) is 41.0 Å². The van der Waals surface area contributed by atoms with Crippen LogP contribution in [0.3, 0.4) is 0 Å². The summed E-state index contributed by atoms with van der Waals surface area (Å²) in [5.41, 5.74) is 6.70. The Hall–Kier alpha value is -3.26. The number of imidazole rings is 1. The van der Waals surface area contributed by atoms with Gasteiger partial charge >= 0.3 is 0 Å². The number of amides is 1. The fraction of sp³-hybridized carbons (Fsp3) is 0.433. The van der Waals surface area contributed by atoms with E-state index in [4.69, 9.17) is 4.98 Å². The first-order chi connectivity index (χ1) is 20.6. The second-order valence-corrected chi connectivity index (χ2v) is 14.5. The van der Waals surface area contributed by atoms with Gasteiger partial charge in [0.2, 0.25) is 10.0 Å². The molecule has 0 bridgehead atoms. The van der Waals surface area contributed by atoms with Crippen LogP contribution < -0.4 is 5.32 Å². The summed E-state index contributed by atoms with van der Waals surface area (Å²) in [4.78, 5) is 30.3. The topological polar surface area (TPSA) is 119 Å². The lowest BCUT2D eigenvalue weighted by Crippen LogP contribution is -2.47. The van der Waals surface area contributed by atoms with Gasteiger partial charge in [-0.05, 0) is 74.4 Å². The third-order valence-electron chi connectivity index (χ3n) is 8.56. The molecule has 1 atom stereocenters. The molecule has 11 nitrogen and oxygen atoms in total. The number of aryl methyl sites for hydroxylation is 1. The van der Waals surface area contributed by atoms with Gasteiger partial charge in [-0.3, -0.25) is 4.79 Å². The number of H-pyrrole nitrogens is 1. The number of pyridine rings is 1. The van der Waals surface area contributed by atoms with E-state index in [0.717, 1.165) is 64.5 Å². The number of halogens is 1. The Morgan fingerprint density at radius 1 is 1.14 bits per heavy atom. The molecule has 228 valence electrons. The molecule has 0 radical (unpaired) electrons. The first-order valence-electron chi connectivity index (χ1n) is 14.6. The number of anilines is 1. The number of rotatable bonds is 7. The molecule has 13 heteroatoms. The van der Waals surface area contributed by atoms with Gasteiger partial charge in [0, 0.05) is 79.7 Å². The second-order valence-electron chi connectivity index (χ2n) is 11.4. The molecular weight excluding hydrogens is 632 g/mol. The van der Waals surface area contributed by atoms with Crippen LogP contribution in [0, 0.1) is 13.8 Å². The van der Waals surface area contributed by atoms with E-state index >= 15 is 0 Å². The molecule has 3 aromatic heterocycles. The minimum Gasteiger partial charge on any atom is -0.378 e. The average molecular weight is 670 g/mol. The average Bonchev–Trinajstić information content (AvgIpc) is 3.72. The zero-order valence-corrected chi connectivity index (χ0v) is 27.3. The molecular formula is C30H37BrN8O3S. The van der Waals surface area contributed by atoms with E-state index < -0.39 is 10.0 Å². The van der Waals surface area contributed by atoms with Crippen LogP contribution in [-0.2, 0) is 10.0 Å². The monoisotopic (exact) mass is 668 g/mol. The van der Waals surface area contributed by atoms with Crippen LogP contribution in [0.1, 0.15) is 35.1 Å². The van der Waals surface area contributed by atoms with E-state index in [0.29, 0.717) is 36.5 Å². The van der Waals surface area contributed by atoms with Crippen molar-refractivity contribution in [2.45, 2.75) is 33.2 Å². The molecule has 0 saturated carbocycles. The Labute approximate surface area is 260 Å². The zero-order chi connectivity index (χ0) is 30.5. The molecule has 0 aliphatic carbocycles. The van der Waals surface area contributed by atoms with Gasteiger partial charge in [-0.2, -0.15) is 4.31 Å². The standard InChI is InChI=1S/C30H37BrN8O3S/c1-5-43(41,42)38-10-9-22(18-38)33-26-25(31)17-32-29-27(26)34-28(35-29)24-15-19(2)39(20(24)3)23-8-6-7-21(16-23)30(40)37-13-11-36(4)12-14-37/h6-8,15-17,22H,5,9-14,18H2,1-4H3,(H2,32,33,34,35). The fourth-order valence-electron chi connectivity index (χ4n) is 6.06. The number of sulfonamides is 1. The van der Waals surface area contributed by atoms with Crippen molar-refractivity contribution in [1.82, 2.24) is 33.6 Å².